The minimum absolute atomic E-state index is 0.357. The minimum atomic E-state index is 0.357. The van der Waals surface area contributed by atoms with E-state index in [-0.39, 0.29) is 0 Å². The van der Waals surface area contributed by atoms with E-state index in [1.165, 1.54) is 0 Å². The van der Waals surface area contributed by atoms with E-state index in [1.54, 1.807) is 17.9 Å². The summed E-state index contributed by atoms with van der Waals surface area (Å²) in [5, 5.41) is 7.14. The van der Waals surface area contributed by atoms with Crippen LogP contribution in [0.1, 0.15) is 13.3 Å². The van der Waals surface area contributed by atoms with Gasteiger partial charge in [0.2, 0.25) is 11.9 Å². The lowest BCUT2D eigenvalue weighted by Gasteiger charge is -2.25. The second-order valence-electron chi connectivity index (χ2n) is 4.70. The van der Waals surface area contributed by atoms with Gasteiger partial charge in [0, 0.05) is 32.5 Å². The van der Waals surface area contributed by atoms with Gasteiger partial charge in [0.1, 0.15) is 0 Å². The van der Waals surface area contributed by atoms with E-state index < -0.39 is 0 Å². The fraction of sp³-hybridized carbons (Fsp3) is 0.538. The molecule has 8 heteroatoms. The van der Waals surface area contributed by atoms with Crippen LogP contribution in [0.25, 0.3) is 5.95 Å². The largest absolute Gasteiger partial charge is 0.357 e. The smallest absolute Gasteiger partial charge is 0.257 e. The lowest BCUT2D eigenvalue weighted by atomic mass is 10.2. The molecule has 7 nitrogen and oxygen atoms in total. The van der Waals surface area contributed by atoms with Crippen LogP contribution in [0.15, 0.2) is 18.5 Å². The molecule has 2 rings (SSSR count). The molecule has 0 aliphatic carbocycles. The molecule has 0 saturated carbocycles. The normalized spacial score (nSPS) is 12.2. The monoisotopic (exact) mass is 307 g/mol. The predicted molar refractivity (Wildman–Crippen MR) is 87.4 cm³/mol. The fourth-order valence-electron chi connectivity index (χ4n) is 1.79. The summed E-state index contributed by atoms with van der Waals surface area (Å²) >= 11 is 1.85. The van der Waals surface area contributed by atoms with Crippen molar-refractivity contribution in [3.05, 3.63) is 18.5 Å². The molecule has 21 heavy (non-hydrogen) atoms. The maximum Gasteiger partial charge on any atom is 0.257 e. The van der Waals surface area contributed by atoms with Crippen molar-refractivity contribution in [2.24, 2.45) is 0 Å². The van der Waals surface area contributed by atoms with Gasteiger partial charge >= 0.3 is 0 Å². The van der Waals surface area contributed by atoms with Crippen molar-refractivity contribution in [3.8, 4) is 5.95 Å². The van der Waals surface area contributed by atoms with Crippen molar-refractivity contribution in [2.75, 3.05) is 36.3 Å². The van der Waals surface area contributed by atoms with Gasteiger partial charge in [-0.3, -0.25) is 0 Å². The van der Waals surface area contributed by atoms with E-state index in [0.717, 1.165) is 12.2 Å². The molecule has 0 aliphatic rings. The number of aromatic nitrogens is 5. The van der Waals surface area contributed by atoms with Crippen LogP contribution < -0.4 is 10.2 Å². The van der Waals surface area contributed by atoms with E-state index in [9.17, 15) is 0 Å². The molecule has 2 aromatic rings. The van der Waals surface area contributed by atoms with Crippen molar-refractivity contribution in [1.82, 2.24) is 24.7 Å². The quantitative estimate of drug-likeness (QED) is 0.834. The Labute approximate surface area is 129 Å². The molecule has 2 heterocycles. The predicted octanol–water partition coefficient (Wildman–Crippen LogP) is 1.68. The summed E-state index contributed by atoms with van der Waals surface area (Å²) < 4.78 is 1.63. The Kier molecular flexibility index (Phi) is 5.38. The highest BCUT2D eigenvalue weighted by Gasteiger charge is 2.15. The molecule has 1 unspecified atom stereocenters. The van der Waals surface area contributed by atoms with Gasteiger partial charge in [0.15, 0.2) is 0 Å². The van der Waals surface area contributed by atoms with E-state index in [4.69, 9.17) is 0 Å². The van der Waals surface area contributed by atoms with Crippen molar-refractivity contribution < 1.29 is 0 Å². The summed E-state index contributed by atoms with van der Waals surface area (Å²) in [6.45, 7) is 2.17. The molecular weight excluding hydrogens is 286 g/mol. The van der Waals surface area contributed by atoms with E-state index in [1.807, 2.05) is 31.1 Å². The first-order valence-corrected chi connectivity index (χ1v) is 8.20. The highest BCUT2D eigenvalue weighted by molar-refractivity contribution is 7.98. The molecule has 0 radical (unpaired) electrons. The van der Waals surface area contributed by atoms with Crippen LogP contribution in [0.5, 0.6) is 0 Å². The Hall–Kier alpha value is -1.83. The van der Waals surface area contributed by atoms with Crippen molar-refractivity contribution in [3.63, 3.8) is 0 Å². The van der Waals surface area contributed by atoms with Crippen LogP contribution in [0.2, 0.25) is 0 Å². The molecule has 114 valence electrons. The average Bonchev–Trinajstić information content (AvgIpc) is 3.05. The van der Waals surface area contributed by atoms with E-state index >= 15 is 0 Å². The molecule has 0 aliphatic heterocycles. The number of rotatable bonds is 7. The molecule has 0 aromatic carbocycles. The molecule has 2 aromatic heterocycles. The molecule has 1 N–H and O–H groups in total. The third-order valence-corrected chi connectivity index (χ3v) is 3.91. The zero-order chi connectivity index (χ0) is 15.2. The zero-order valence-electron chi connectivity index (χ0n) is 12.8. The number of nitrogens with one attached hydrogen (secondary N) is 1. The molecule has 1 atom stereocenters. The van der Waals surface area contributed by atoms with Gasteiger partial charge < -0.3 is 10.2 Å². The lowest BCUT2D eigenvalue weighted by molar-refractivity contribution is 0.648. The maximum atomic E-state index is 4.51. The number of anilines is 2. The van der Waals surface area contributed by atoms with Crippen molar-refractivity contribution >= 4 is 23.7 Å². The first-order chi connectivity index (χ1) is 10.2. The van der Waals surface area contributed by atoms with Crippen LogP contribution in [0.4, 0.5) is 11.9 Å². The Bertz CT molecular complexity index is 558. The van der Waals surface area contributed by atoms with Crippen LogP contribution in [-0.4, -0.2) is 56.9 Å². The topological polar surface area (TPSA) is 71.8 Å². The molecule has 0 spiro atoms. The van der Waals surface area contributed by atoms with Crippen molar-refractivity contribution in [2.45, 2.75) is 19.4 Å². The third-order valence-electron chi connectivity index (χ3n) is 3.26. The number of nitrogens with zero attached hydrogens (tertiary/aromatic N) is 6. The van der Waals surface area contributed by atoms with Crippen LogP contribution in [0, 0.1) is 0 Å². The van der Waals surface area contributed by atoms with Gasteiger partial charge in [0.05, 0.1) is 0 Å². The van der Waals surface area contributed by atoms with Gasteiger partial charge in [-0.25, -0.2) is 4.68 Å². The fourth-order valence-corrected chi connectivity index (χ4v) is 2.37. The standard InChI is InChI=1S/C13H21N7S/c1-10(6-9-21-4)19(3)12-16-11(14-2)17-13(18-12)20-8-5-7-15-20/h5,7-8,10H,6,9H2,1-4H3,(H,14,16,17,18). The minimum Gasteiger partial charge on any atom is -0.357 e. The molecule has 0 bridgehead atoms. The Morgan fingerprint density at radius 3 is 2.81 bits per heavy atom. The first kappa shape index (κ1) is 15.6. The van der Waals surface area contributed by atoms with Gasteiger partial charge in [-0.1, -0.05) is 0 Å². The van der Waals surface area contributed by atoms with Gasteiger partial charge in [-0.05, 0) is 31.4 Å². The van der Waals surface area contributed by atoms with Gasteiger partial charge in [-0.15, -0.1) is 0 Å². The number of hydrogen-bond donors (Lipinski definition) is 1. The SMILES string of the molecule is CNc1nc(N(C)C(C)CCSC)nc(-n2cccn2)n1. The first-order valence-electron chi connectivity index (χ1n) is 6.81. The zero-order valence-corrected chi connectivity index (χ0v) is 13.6. The second-order valence-corrected chi connectivity index (χ2v) is 5.69. The van der Waals surface area contributed by atoms with Gasteiger partial charge in [0.25, 0.3) is 5.95 Å². The number of hydrogen-bond acceptors (Lipinski definition) is 7. The molecule has 0 amide bonds. The highest BCUT2D eigenvalue weighted by atomic mass is 32.2. The Morgan fingerprint density at radius 1 is 1.38 bits per heavy atom. The number of thioether (sulfide) groups is 1. The summed E-state index contributed by atoms with van der Waals surface area (Å²) in [5.74, 6) is 2.81. The van der Waals surface area contributed by atoms with Crippen LogP contribution in [0.3, 0.4) is 0 Å². The average molecular weight is 307 g/mol. The van der Waals surface area contributed by atoms with Crippen LogP contribution in [-0.2, 0) is 0 Å². The second kappa shape index (κ2) is 7.26. The summed E-state index contributed by atoms with van der Waals surface area (Å²) in [4.78, 5) is 15.4. The third kappa shape index (κ3) is 3.84. The summed E-state index contributed by atoms with van der Waals surface area (Å²) in [6, 6.07) is 2.20. The Balaban J connectivity index is 2.28. The molecule has 0 saturated heterocycles. The summed E-state index contributed by atoms with van der Waals surface area (Å²) in [6.07, 6.45) is 6.71. The van der Waals surface area contributed by atoms with Crippen molar-refractivity contribution in [1.29, 1.82) is 0 Å². The molecule has 0 fully saturated rings. The summed E-state index contributed by atoms with van der Waals surface area (Å²) in [7, 11) is 3.80. The Morgan fingerprint density at radius 2 is 2.19 bits per heavy atom. The highest BCUT2D eigenvalue weighted by Crippen LogP contribution is 2.16. The van der Waals surface area contributed by atoms with E-state index in [0.29, 0.717) is 23.9 Å². The molecular formula is C13H21N7S. The maximum absolute atomic E-state index is 4.51. The summed E-state index contributed by atoms with van der Waals surface area (Å²) in [5.41, 5.74) is 0. The van der Waals surface area contributed by atoms with Gasteiger partial charge in [-0.2, -0.15) is 31.8 Å². The van der Waals surface area contributed by atoms with Crippen LogP contribution >= 0.6 is 11.8 Å². The lowest BCUT2D eigenvalue weighted by Crippen LogP contribution is -2.31. The van der Waals surface area contributed by atoms with E-state index in [2.05, 4.69) is 43.4 Å².